The average Bonchev–Trinajstić information content (AvgIpc) is 2.42. The number of hydrogen-bond acceptors (Lipinski definition) is 6. The summed E-state index contributed by atoms with van der Waals surface area (Å²) in [5, 5.41) is 28.1. The molecule has 0 radical (unpaired) electrons. The van der Waals surface area contributed by atoms with Crippen molar-refractivity contribution in [2.75, 3.05) is 0 Å². The van der Waals surface area contributed by atoms with Crippen molar-refractivity contribution in [3.05, 3.63) is 0 Å². The molecular formula is C8H12O6. The first-order valence-electron chi connectivity index (χ1n) is 4.47. The molecule has 14 heavy (non-hydrogen) atoms. The summed E-state index contributed by atoms with van der Waals surface area (Å²) in [4.78, 5) is 10.9. The number of hydrogen-bond donors (Lipinski definition) is 3. The van der Waals surface area contributed by atoms with Gasteiger partial charge in [-0.1, -0.05) is 0 Å². The van der Waals surface area contributed by atoms with Gasteiger partial charge in [-0.3, -0.25) is 4.79 Å². The maximum absolute atomic E-state index is 10.9. The van der Waals surface area contributed by atoms with E-state index in [0.717, 1.165) is 0 Å². The Kier molecular flexibility index (Phi) is 2.44. The summed E-state index contributed by atoms with van der Waals surface area (Å²) in [6.45, 7) is 0. The SMILES string of the molecule is O=C1C[C@@H]2[C@@H](O)CC(O)OC(O)[C@@H]2O1. The molecule has 0 aromatic carbocycles. The van der Waals surface area contributed by atoms with Gasteiger partial charge in [0, 0.05) is 12.3 Å². The molecule has 2 unspecified atom stereocenters. The fourth-order valence-corrected chi connectivity index (χ4v) is 1.90. The molecule has 6 nitrogen and oxygen atoms in total. The monoisotopic (exact) mass is 204 g/mol. The Morgan fingerprint density at radius 2 is 2.00 bits per heavy atom. The third-order valence-electron chi connectivity index (χ3n) is 2.61. The van der Waals surface area contributed by atoms with Crippen molar-refractivity contribution < 1.29 is 29.6 Å². The zero-order chi connectivity index (χ0) is 10.3. The zero-order valence-electron chi connectivity index (χ0n) is 7.37. The maximum Gasteiger partial charge on any atom is 0.306 e. The quantitative estimate of drug-likeness (QED) is 0.408. The van der Waals surface area contributed by atoms with Crippen LogP contribution in [-0.4, -0.2) is 46.1 Å². The molecule has 2 saturated heterocycles. The lowest BCUT2D eigenvalue weighted by Crippen LogP contribution is -2.35. The van der Waals surface area contributed by atoms with Gasteiger partial charge in [-0.25, -0.2) is 0 Å². The molecule has 6 heteroatoms. The molecule has 2 rings (SSSR count). The number of esters is 1. The second-order valence-corrected chi connectivity index (χ2v) is 3.61. The van der Waals surface area contributed by atoms with Gasteiger partial charge in [0.2, 0.25) is 0 Å². The summed E-state index contributed by atoms with van der Waals surface area (Å²) >= 11 is 0. The molecule has 5 atom stereocenters. The topological polar surface area (TPSA) is 96.2 Å². The lowest BCUT2D eigenvalue weighted by atomic mass is 9.93. The summed E-state index contributed by atoms with van der Waals surface area (Å²) in [5.74, 6) is -0.951. The van der Waals surface area contributed by atoms with E-state index in [4.69, 9.17) is 14.6 Å². The largest absolute Gasteiger partial charge is 0.457 e. The van der Waals surface area contributed by atoms with Crippen LogP contribution < -0.4 is 0 Å². The van der Waals surface area contributed by atoms with E-state index in [0.29, 0.717) is 0 Å². The number of aliphatic hydroxyl groups is 3. The van der Waals surface area contributed by atoms with E-state index in [1.807, 2.05) is 0 Å². The molecule has 80 valence electrons. The van der Waals surface area contributed by atoms with Crippen LogP contribution in [0.15, 0.2) is 0 Å². The van der Waals surface area contributed by atoms with Crippen LogP contribution in [-0.2, 0) is 14.3 Å². The molecule has 2 aliphatic rings. The Balaban J connectivity index is 2.17. The number of carbonyl (C=O) groups is 1. The van der Waals surface area contributed by atoms with Crippen molar-refractivity contribution in [2.45, 2.75) is 37.6 Å². The molecule has 2 aliphatic heterocycles. The molecular weight excluding hydrogens is 192 g/mol. The van der Waals surface area contributed by atoms with Gasteiger partial charge < -0.3 is 24.8 Å². The minimum Gasteiger partial charge on any atom is -0.457 e. The summed E-state index contributed by atoms with van der Waals surface area (Å²) in [6.07, 6.45) is -4.30. The highest BCUT2D eigenvalue weighted by Gasteiger charge is 2.47. The predicted octanol–water partition coefficient (Wildman–Crippen LogP) is -1.66. The fraction of sp³-hybridized carbons (Fsp3) is 0.875. The van der Waals surface area contributed by atoms with Crippen molar-refractivity contribution in [2.24, 2.45) is 5.92 Å². The number of fused-ring (bicyclic) bond motifs is 1. The van der Waals surface area contributed by atoms with Crippen molar-refractivity contribution >= 4 is 5.97 Å². The second-order valence-electron chi connectivity index (χ2n) is 3.61. The summed E-state index contributed by atoms with van der Waals surface area (Å²) in [5.41, 5.74) is 0. The van der Waals surface area contributed by atoms with Gasteiger partial charge in [0.05, 0.1) is 12.5 Å². The van der Waals surface area contributed by atoms with Crippen LogP contribution in [0.1, 0.15) is 12.8 Å². The van der Waals surface area contributed by atoms with Gasteiger partial charge in [-0.05, 0) is 0 Å². The first-order chi connectivity index (χ1) is 6.58. The normalized spacial score (nSPS) is 48.2. The molecule has 0 aliphatic carbocycles. The minimum absolute atomic E-state index is 0.0190. The molecule has 0 bridgehead atoms. The van der Waals surface area contributed by atoms with Crippen LogP contribution in [0.25, 0.3) is 0 Å². The first-order valence-corrected chi connectivity index (χ1v) is 4.47. The van der Waals surface area contributed by atoms with E-state index in [1.54, 1.807) is 0 Å². The van der Waals surface area contributed by atoms with Crippen LogP contribution in [0.3, 0.4) is 0 Å². The lowest BCUT2D eigenvalue weighted by molar-refractivity contribution is -0.235. The van der Waals surface area contributed by atoms with Crippen LogP contribution in [0.4, 0.5) is 0 Å². The molecule has 2 heterocycles. The molecule has 0 aromatic heterocycles. The number of aliphatic hydroxyl groups excluding tert-OH is 3. The Morgan fingerprint density at radius 1 is 1.29 bits per heavy atom. The predicted molar refractivity (Wildman–Crippen MR) is 41.7 cm³/mol. The van der Waals surface area contributed by atoms with E-state index in [1.165, 1.54) is 0 Å². The van der Waals surface area contributed by atoms with Crippen molar-refractivity contribution in [1.82, 2.24) is 0 Å². The van der Waals surface area contributed by atoms with E-state index in [9.17, 15) is 15.0 Å². The average molecular weight is 204 g/mol. The third-order valence-corrected chi connectivity index (χ3v) is 2.61. The molecule has 0 aromatic rings. The lowest BCUT2D eigenvalue weighted by Gasteiger charge is -2.20. The maximum atomic E-state index is 10.9. The second kappa shape index (κ2) is 3.47. The smallest absolute Gasteiger partial charge is 0.306 e. The van der Waals surface area contributed by atoms with Crippen LogP contribution >= 0.6 is 0 Å². The summed E-state index contributed by atoms with van der Waals surface area (Å²) in [7, 11) is 0. The van der Waals surface area contributed by atoms with Crippen LogP contribution in [0.5, 0.6) is 0 Å². The Morgan fingerprint density at radius 3 is 2.71 bits per heavy atom. The Hall–Kier alpha value is -0.690. The minimum atomic E-state index is -1.36. The zero-order valence-corrected chi connectivity index (χ0v) is 7.37. The van der Waals surface area contributed by atoms with Gasteiger partial charge in [-0.15, -0.1) is 0 Å². The van der Waals surface area contributed by atoms with Crippen LogP contribution in [0.2, 0.25) is 0 Å². The van der Waals surface area contributed by atoms with Crippen LogP contribution in [0, 0.1) is 5.92 Å². The van der Waals surface area contributed by atoms with Gasteiger partial charge in [0.15, 0.2) is 18.7 Å². The number of ether oxygens (including phenoxy) is 2. The summed E-state index contributed by atoms with van der Waals surface area (Å²) < 4.78 is 9.51. The van der Waals surface area contributed by atoms with Gasteiger partial charge in [0.25, 0.3) is 0 Å². The molecule has 0 saturated carbocycles. The molecule has 2 fully saturated rings. The number of rotatable bonds is 0. The number of carbonyl (C=O) groups excluding carboxylic acids is 1. The third kappa shape index (κ3) is 1.61. The van der Waals surface area contributed by atoms with E-state index >= 15 is 0 Å². The van der Waals surface area contributed by atoms with Crippen molar-refractivity contribution in [3.8, 4) is 0 Å². The summed E-state index contributed by atoms with van der Waals surface area (Å²) in [6, 6.07) is 0. The highest BCUT2D eigenvalue weighted by Crippen LogP contribution is 2.33. The first kappa shape index (κ1) is 9.85. The van der Waals surface area contributed by atoms with E-state index in [2.05, 4.69) is 0 Å². The van der Waals surface area contributed by atoms with Crippen molar-refractivity contribution in [1.29, 1.82) is 0 Å². The fourth-order valence-electron chi connectivity index (χ4n) is 1.90. The molecule has 0 amide bonds. The van der Waals surface area contributed by atoms with Gasteiger partial charge in [-0.2, -0.15) is 0 Å². The van der Waals surface area contributed by atoms with Gasteiger partial charge in [0.1, 0.15) is 0 Å². The van der Waals surface area contributed by atoms with E-state index < -0.39 is 36.7 Å². The highest BCUT2D eigenvalue weighted by molar-refractivity contribution is 5.72. The Labute approximate surface area is 80.1 Å². The molecule has 3 N–H and O–H groups in total. The Bertz CT molecular complexity index is 220. The highest BCUT2D eigenvalue weighted by atomic mass is 16.7. The standard InChI is InChI=1S/C8H12O6/c9-4-2-6(11)14-8(12)7-3(4)1-5(10)13-7/h3-4,6-9,11-12H,1-2H2/t3-,4+,6?,7-,8?/m1/s1. The van der Waals surface area contributed by atoms with Gasteiger partial charge >= 0.3 is 5.97 Å². The molecule has 0 spiro atoms. The van der Waals surface area contributed by atoms with Crippen molar-refractivity contribution in [3.63, 3.8) is 0 Å². The van der Waals surface area contributed by atoms with E-state index in [-0.39, 0.29) is 12.8 Å².